The molecule has 3 aromatic rings. The van der Waals surface area contributed by atoms with Crippen molar-refractivity contribution in [3.05, 3.63) is 77.5 Å². The maximum Gasteiger partial charge on any atom is 0.252 e. The smallest absolute Gasteiger partial charge is 0.252 e. The Balaban J connectivity index is 1.87. The fourth-order valence-electron chi connectivity index (χ4n) is 2.78. The third kappa shape index (κ3) is 3.52. The van der Waals surface area contributed by atoms with Crippen molar-refractivity contribution in [1.82, 2.24) is 10.3 Å². The van der Waals surface area contributed by atoms with Gasteiger partial charge in [0.25, 0.3) is 5.91 Å². The number of carbonyl (C=O) groups excluding carboxylic acids is 2. The molecule has 0 aliphatic rings. The number of amides is 2. The average Bonchev–Trinajstić information content (AvgIpc) is 2.67. The van der Waals surface area contributed by atoms with E-state index in [1.54, 1.807) is 48.7 Å². The van der Waals surface area contributed by atoms with Gasteiger partial charge >= 0.3 is 0 Å². The number of carbonyl (C=O) groups is 2. The molecular weight excluding hydrogens is 328 g/mol. The quantitative estimate of drug-likeness (QED) is 0.737. The molecule has 0 unspecified atom stereocenters. The summed E-state index contributed by atoms with van der Waals surface area (Å²) in [5.41, 5.74) is 7.66. The lowest BCUT2D eigenvalue weighted by molar-refractivity contribution is -0.119. The predicted octanol–water partition coefficient (Wildman–Crippen LogP) is 1.93. The van der Waals surface area contributed by atoms with Crippen LogP contribution in [-0.2, 0) is 11.2 Å². The molecule has 3 N–H and O–H groups in total. The van der Waals surface area contributed by atoms with Gasteiger partial charge in [-0.2, -0.15) is 5.26 Å². The van der Waals surface area contributed by atoms with Crippen LogP contribution in [0.4, 0.5) is 0 Å². The van der Waals surface area contributed by atoms with Crippen molar-refractivity contribution < 1.29 is 9.59 Å². The number of nitrogens with two attached hydrogens (primary N) is 1. The zero-order valence-electron chi connectivity index (χ0n) is 13.8. The van der Waals surface area contributed by atoms with Crippen LogP contribution in [-0.4, -0.2) is 22.8 Å². The highest BCUT2D eigenvalue weighted by Gasteiger charge is 2.21. The summed E-state index contributed by atoms with van der Waals surface area (Å²) < 4.78 is 0. The van der Waals surface area contributed by atoms with Gasteiger partial charge in [0.15, 0.2) is 0 Å². The first-order valence-electron chi connectivity index (χ1n) is 8.02. The largest absolute Gasteiger partial charge is 0.368 e. The van der Waals surface area contributed by atoms with E-state index in [1.165, 1.54) is 0 Å². The summed E-state index contributed by atoms with van der Waals surface area (Å²) >= 11 is 0. The van der Waals surface area contributed by atoms with Crippen LogP contribution in [0.15, 0.2) is 60.8 Å². The Morgan fingerprint density at radius 3 is 2.62 bits per heavy atom. The SMILES string of the molecule is N#Cc1ccccc1C[C@@H](NC(=O)c1ccnc2ccccc12)C(N)=O. The highest BCUT2D eigenvalue weighted by atomic mass is 16.2. The number of nitriles is 1. The molecule has 0 bridgehead atoms. The van der Waals surface area contributed by atoms with E-state index in [4.69, 9.17) is 5.73 Å². The van der Waals surface area contributed by atoms with Gasteiger partial charge in [0, 0.05) is 18.0 Å². The van der Waals surface area contributed by atoms with Gasteiger partial charge in [-0.25, -0.2) is 0 Å². The second kappa shape index (κ2) is 7.45. The van der Waals surface area contributed by atoms with Gasteiger partial charge in [-0.15, -0.1) is 0 Å². The molecule has 0 radical (unpaired) electrons. The van der Waals surface area contributed by atoms with Gasteiger partial charge in [0.1, 0.15) is 6.04 Å². The molecule has 1 aromatic heterocycles. The Hall–Kier alpha value is -3.72. The van der Waals surface area contributed by atoms with E-state index >= 15 is 0 Å². The number of para-hydroxylation sites is 1. The van der Waals surface area contributed by atoms with Gasteiger partial charge in [-0.3, -0.25) is 14.6 Å². The van der Waals surface area contributed by atoms with Crippen molar-refractivity contribution in [2.24, 2.45) is 5.73 Å². The van der Waals surface area contributed by atoms with Crippen molar-refractivity contribution in [3.63, 3.8) is 0 Å². The van der Waals surface area contributed by atoms with Crippen LogP contribution in [0.3, 0.4) is 0 Å². The van der Waals surface area contributed by atoms with E-state index in [0.29, 0.717) is 27.6 Å². The van der Waals surface area contributed by atoms with Crippen LogP contribution in [0.25, 0.3) is 10.9 Å². The summed E-state index contributed by atoms with van der Waals surface area (Å²) in [7, 11) is 0. The molecule has 2 amide bonds. The van der Waals surface area contributed by atoms with Crippen LogP contribution in [0.5, 0.6) is 0 Å². The number of fused-ring (bicyclic) bond motifs is 1. The third-order valence-corrected chi connectivity index (χ3v) is 4.10. The third-order valence-electron chi connectivity index (χ3n) is 4.10. The molecule has 2 aromatic carbocycles. The summed E-state index contributed by atoms with van der Waals surface area (Å²) in [6, 6.07) is 16.9. The number of rotatable bonds is 5. The van der Waals surface area contributed by atoms with E-state index in [2.05, 4.69) is 16.4 Å². The van der Waals surface area contributed by atoms with Gasteiger partial charge in [-0.1, -0.05) is 36.4 Å². The van der Waals surface area contributed by atoms with Gasteiger partial charge in [0.2, 0.25) is 5.91 Å². The number of pyridine rings is 1. The maximum atomic E-state index is 12.7. The Kier molecular flexibility index (Phi) is 4.90. The van der Waals surface area contributed by atoms with E-state index in [1.807, 2.05) is 12.1 Å². The summed E-state index contributed by atoms with van der Waals surface area (Å²) in [5, 5.41) is 12.5. The minimum Gasteiger partial charge on any atom is -0.368 e. The molecule has 6 nitrogen and oxygen atoms in total. The van der Waals surface area contributed by atoms with Crippen molar-refractivity contribution in [2.75, 3.05) is 0 Å². The second-order valence-corrected chi connectivity index (χ2v) is 5.78. The van der Waals surface area contributed by atoms with Crippen molar-refractivity contribution >= 4 is 22.7 Å². The molecule has 0 aliphatic heterocycles. The van der Waals surface area contributed by atoms with Crippen LogP contribution in [0.1, 0.15) is 21.5 Å². The van der Waals surface area contributed by atoms with Gasteiger partial charge < -0.3 is 11.1 Å². The highest BCUT2D eigenvalue weighted by molar-refractivity contribution is 6.07. The first-order valence-corrected chi connectivity index (χ1v) is 8.02. The summed E-state index contributed by atoms with van der Waals surface area (Å²) in [6.45, 7) is 0. The molecule has 3 rings (SSSR count). The number of hydrogen-bond donors (Lipinski definition) is 2. The average molecular weight is 344 g/mol. The van der Waals surface area contributed by atoms with Crippen LogP contribution in [0, 0.1) is 11.3 Å². The van der Waals surface area contributed by atoms with Gasteiger partial charge in [0.05, 0.1) is 22.7 Å². The maximum absolute atomic E-state index is 12.7. The number of nitrogens with zero attached hydrogens (tertiary/aromatic N) is 2. The van der Waals surface area contributed by atoms with Crippen LogP contribution in [0.2, 0.25) is 0 Å². The molecule has 1 atom stereocenters. The monoisotopic (exact) mass is 344 g/mol. The Morgan fingerprint density at radius 2 is 1.85 bits per heavy atom. The number of nitrogens with one attached hydrogen (secondary N) is 1. The van der Waals surface area contributed by atoms with Crippen molar-refractivity contribution in [3.8, 4) is 6.07 Å². The van der Waals surface area contributed by atoms with Crippen LogP contribution >= 0.6 is 0 Å². The standard InChI is InChI=1S/C20H16N4O2/c21-12-14-6-2-1-5-13(14)11-18(19(22)25)24-20(26)16-9-10-23-17-8-4-3-7-15(16)17/h1-10,18H,11H2,(H2,22,25)(H,24,26)/t18-/m1/s1. The molecule has 0 saturated heterocycles. The summed E-state index contributed by atoms with van der Waals surface area (Å²) in [6.07, 6.45) is 1.69. The van der Waals surface area contributed by atoms with Crippen molar-refractivity contribution in [2.45, 2.75) is 12.5 Å². The molecule has 0 saturated carbocycles. The van der Waals surface area contributed by atoms with Crippen molar-refractivity contribution in [1.29, 1.82) is 5.26 Å². The first-order chi connectivity index (χ1) is 12.6. The normalized spacial score (nSPS) is 11.5. The van der Waals surface area contributed by atoms with E-state index < -0.39 is 17.9 Å². The van der Waals surface area contributed by atoms with Gasteiger partial charge in [-0.05, 0) is 23.8 Å². The molecule has 0 spiro atoms. The lowest BCUT2D eigenvalue weighted by Gasteiger charge is -2.17. The Labute approximate surface area is 150 Å². The number of aromatic nitrogens is 1. The fourth-order valence-corrected chi connectivity index (χ4v) is 2.78. The molecule has 128 valence electrons. The zero-order valence-corrected chi connectivity index (χ0v) is 13.8. The fraction of sp³-hybridized carbons (Fsp3) is 0.100. The minimum atomic E-state index is -0.927. The Bertz CT molecular complexity index is 1020. The first kappa shape index (κ1) is 17.1. The lowest BCUT2D eigenvalue weighted by Crippen LogP contribution is -2.46. The second-order valence-electron chi connectivity index (χ2n) is 5.78. The predicted molar refractivity (Wildman–Crippen MR) is 97.1 cm³/mol. The zero-order chi connectivity index (χ0) is 18.5. The summed E-state index contributed by atoms with van der Waals surface area (Å²) in [5.74, 6) is -1.08. The van der Waals surface area contributed by atoms with Crippen LogP contribution < -0.4 is 11.1 Å². The molecular formula is C20H16N4O2. The Morgan fingerprint density at radius 1 is 1.12 bits per heavy atom. The molecule has 26 heavy (non-hydrogen) atoms. The molecule has 1 heterocycles. The van der Waals surface area contributed by atoms with E-state index in [0.717, 1.165) is 0 Å². The number of benzene rings is 2. The number of primary amides is 1. The number of hydrogen-bond acceptors (Lipinski definition) is 4. The minimum absolute atomic E-state index is 0.147. The molecule has 0 aliphatic carbocycles. The van der Waals surface area contributed by atoms with E-state index in [9.17, 15) is 14.9 Å². The topological polar surface area (TPSA) is 109 Å². The van der Waals surface area contributed by atoms with E-state index in [-0.39, 0.29) is 6.42 Å². The molecule has 6 heteroatoms. The molecule has 0 fully saturated rings. The highest BCUT2D eigenvalue weighted by Crippen LogP contribution is 2.17. The lowest BCUT2D eigenvalue weighted by atomic mass is 10.00. The summed E-state index contributed by atoms with van der Waals surface area (Å²) in [4.78, 5) is 28.8.